The highest BCUT2D eigenvalue weighted by Gasteiger charge is 2.52. The van der Waals surface area contributed by atoms with Gasteiger partial charge in [-0.3, -0.25) is 0 Å². The lowest BCUT2D eigenvalue weighted by Gasteiger charge is -2.32. The first-order chi connectivity index (χ1) is 16.3. The SMILES string of the molecule is CC1(C)OB(c2ccc3c(c2)C2C=CC=CC2N3c2ccc(-c3ccccc3)cc2)OC1(C)C. The Balaban J connectivity index is 1.37. The molecule has 2 atom stereocenters. The van der Waals surface area contributed by atoms with Gasteiger partial charge in [-0.25, -0.2) is 0 Å². The minimum Gasteiger partial charge on any atom is -0.399 e. The topological polar surface area (TPSA) is 21.7 Å². The van der Waals surface area contributed by atoms with Crippen LogP contribution in [-0.4, -0.2) is 24.4 Å². The third-order valence-electron chi connectivity index (χ3n) is 7.85. The molecule has 2 heterocycles. The zero-order valence-corrected chi connectivity index (χ0v) is 20.2. The molecule has 34 heavy (non-hydrogen) atoms. The first kappa shape index (κ1) is 21.5. The fourth-order valence-electron chi connectivity index (χ4n) is 5.23. The van der Waals surface area contributed by atoms with Gasteiger partial charge in [0.2, 0.25) is 0 Å². The number of hydrogen-bond donors (Lipinski definition) is 0. The smallest absolute Gasteiger partial charge is 0.399 e. The average molecular weight is 447 g/mol. The van der Waals surface area contributed by atoms with Crippen LogP contribution in [0, 0.1) is 0 Å². The highest BCUT2D eigenvalue weighted by molar-refractivity contribution is 6.62. The number of allylic oxidation sites excluding steroid dienone is 2. The van der Waals surface area contributed by atoms with Crippen LogP contribution in [0.3, 0.4) is 0 Å². The molecule has 1 saturated heterocycles. The summed E-state index contributed by atoms with van der Waals surface area (Å²) in [4.78, 5) is 2.46. The van der Waals surface area contributed by atoms with Gasteiger partial charge >= 0.3 is 7.12 Å². The maximum atomic E-state index is 6.34. The van der Waals surface area contributed by atoms with Crippen LogP contribution in [0.2, 0.25) is 0 Å². The van der Waals surface area contributed by atoms with Crippen molar-refractivity contribution >= 4 is 24.0 Å². The van der Waals surface area contributed by atoms with E-state index in [0.717, 1.165) is 5.46 Å². The van der Waals surface area contributed by atoms with Gasteiger partial charge in [-0.05, 0) is 68.0 Å². The molecule has 6 rings (SSSR count). The molecule has 170 valence electrons. The molecule has 3 aliphatic rings. The van der Waals surface area contributed by atoms with Crippen LogP contribution in [0.4, 0.5) is 11.4 Å². The van der Waals surface area contributed by atoms with Gasteiger partial charge in [-0.1, -0.05) is 78.9 Å². The number of rotatable bonds is 3. The summed E-state index contributed by atoms with van der Waals surface area (Å²) in [6.07, 6.45) is 8.95. The minimum absolute atomic E-state index is 0.260. The molecular formula is C30H30BNO2. The van der Waals surface area contributed by atoms with Gasteiger partial charge in [0.05, 0.1) is 17.2 Å². The zero-order valence-electron chi connectivity index (χ0n) is 20.2. The van der Waals surface area contributed by atoms with Crippen LogP contribution in [0.25, 0.3) is 11.1 Å². The van der Waals surface area contributed by atoms with E-state index in [1.54, 1.807) is 0 Å². The maximum Gasteiger partial charge on any atom is 0.494 e. The molecule has 0 aromatic heterocycles. The second-order valence-electron chi connectivity index (χ2n) is 10.5. The van der Waals surface area contributed by atoms with E-state index in [-0.39, 0.29) is 24.4 Å². The van der Waals surface area contributed by atoms with Crippen molar-refractivity contribution in [1.82, 2.24) is 0 Å². The summed E-state index contributed by atoms with van der Waals surface area (Å²) in [5, 5.41) is 0. The van der Waals surface area contributed by atoms with Gasteiger partial charge in [0, 0.05) is 17.3 Å². The van der Waals surface area contributed by atoms with E-state index < -0.39 is 0 Å². The minimum atomic E-state index is -0.351. The van der Waals surface area contributed by atoms with Crippen LogP contribution in [-0.2, 0) is 9.31 Å². The van der Waals surface area contributed by atoms with Gasteiger partial charge in [-0.2, -0.15) is 0 Å². The number of benzene rings is 3. The summed E-state index contributed by atoms with van der Waals surface area (Å²) in [6.45, 7) is 8.41. The summed E-state index contributed by atoms with van der Waals surface area (Å²) in [7, 11) is -0.351. The first-order valence-electron chi connectivity index (χ1n) is 12.1. The quantitative estimate of drug-likeness (QED) is 0.435. The van der Waals surface area contributed by atoms with Gasteiger partial charge < -0.3 is 14.2 Å². The predicted octanol–water partition coefficient (Wildman–Crippen LogP) is 6.38. The fraction of sp³-hybridized carbons (Fsp3) is 0.267. The summed E-state index contributed by atoms with van der Waals surface area (Å²) in [6, 6.07) is 26.4. The molecular weight excluding hydrogens is 417 g/mol. The molecule has 0 N–H and O–H groups in total. The predicted molar refractivity (Wildman–Crippen MR) is 141 cm³/mol. The number of hydrogen-bond acceptors (Lipinski definition) is 3. The Labute approximate surface area is 202 Å². The van der Waals surface area contributed by atoms with Crippen LogP contribution in [0.15, 0.2) is 97.1 Å². The number of anilines is 2. The third-order valence-corrected chi connectivity index (χ3v) is 7.85. The van der Waals surface area contributed by atoms with E-state index in [9.17, 15) is 0 Å². The van der Waals surface area contributed by atoms with Crippen molar-refractivity contribution < 1.29 is 9.31 Å². The fourth-order valence-corrected chi connectivity index (χ4v) is 5.23. The Kier molecular flexibility index (Phi) is 4.88. The van der Waals surface area contributed by atoms with Gasteiger partial charge in [0.15, 0.2) is 0 Å². The highest BCUT2D eigenvalue weighted by atomic mass is 16.7. The standard InChI is InChI=1S/C30H30BNO2/c1-29(2)30(3,4)34-31(33-29)23-16-19-28-26(20-23)25-12-8-9-13-27(25)32(28)24-17-14-22(15-18-24)21-10-6-5-7-11-21/h5-20,25,27H,1-4H3. The molecule has 2 unspecified atom stereocenters. The van der Waals surface area contributed by atoms with E-state index in [2.05, 4.69) is 130 Å². The zero-order chi connectivity index (χ0) is 23.5. The van der Waals surface area contributed by atoms with Crippen molar-refractivity contribution in [3.8, 4) is 11.1 Å². The molecule has 1 aliphatic carbocycles. The van der Waals surface area contributed by atoms with E-state index in [1.807, 2.05) is 0 Å². The second-order valence-corrected chi connectivity index (χ2v) is 10.5. The molecule has 3 aromatic carbocycles. The van der Waals surface area contributed by atoms with Crippen molar-refractivity contribution in [2.75, 3.05) is 4.90 Å². The number of fused-ring (bicyclic) bond motifs is 3. The highest BCUT2D eigenvalue weighted by Crippen LogP contribution is 2.47. The monoisotopic (exact) mass is 447 g/mol. The Bertz CT molecular complexity index is 1260. The number of nitrogens with zero attached hydrogens (tertiary/aromatic N) is 1. The lowest BCUT2D eigenvalue weighted by atomic mass is 9.77. The van der Waals surface area contributed by atoms with Crippen molar-refractivity contribution in [3.63, 3.8) is 0 Å². The largest absolute Gasteiger partial charge is 0.494 e. The van der Waals surface area contributed by atoms with Gasteiger partial charge in [0.25, 0.3) is 0 Å². The summed E-state index contributed by atoms with van der Waals surface area (Å²) >= 11 is 0. The molecule has 2 aliphatic heterocycles. The summed E-state index contributed by atoms with van der Waals surface area (Å²) in [5.41, 5.74) is 6.64. The van der Waals surface area contributed by atoms with Crippen LogP contribution >= 0.6 is 0 Å². The molecule has 0 amide bonds. The third kappa shape index (κ3) is 3.36. The van der Waals surface area contributed by atoms with E-state index >= 15 is 0 Å². The normalized spacial score (nSPS) is 23.8. The Hall–Kier alpha value is -3.08. The molecule has 0 saturated carbocycles. The second kappa shape index (κ2) is 7.73. The first-order valence-corrected chi connectivity index (χ1v) is 12.1. The van der Waals surface area contributed by atoms with Gasteiger partial charge in [-0.15, -0.1) is 0 Å². The molecule has 0 bridgehead atoms. The van der Waals surface area contributed by atoms with Crippen LogP contribution in [0.1, 0.15) is 39.2 Å². The van der Waals surface area contributed by atoms with Crippen LogP contribution < -0.4 is 10.4 Å². The van der Waals surface area contributed by atoms with Crippen molar-refractivity contribution in [2.24, 2.45) is 0 Å². The van der Waals surface area contributed by atoms with Gasteiger partial charge in [0.1, 0.15) is 0 Å². The maximum absolute atomic E-state index is 6.34. The molecule has 0 spiro atoms. The molecule has 0 radical (unpaired) electrons. The molecule has 1 fully saturated rings. The van der Waals surface area contributed by atoms with Crippen molar-refractivity contribution in [1.29, 1.82) is 0 Å². The van der Waals surface area contributed by atoms with E-state index in [1.165, 1.54) is 28.1 Å². The Morgan fingerprint density at radius 3 is 2.09 bits per heavy atom. The molecule has 4 heteroatoms. The lowest BCUT2D eigenvalue weighted by Crippen LogP contribution is -2.41. The van der Waals surface area contributed by atoms with Crippen LogP contribution in [0.5, 0.6) is 0 Å². The summed E-state index contributed by atoms with van der Waals surface area (Å²) < 4.78 is 12.7. The Morgan fingerprint density at radius 2 is 1.38 bits per heavy atom. The molecule has 3 aromatic rings. The summed E-state index contributed by atoms with van der Waals surface area (Å²) in [5.74, 6) is 0.302. The molecule has 3 nitrogen and oxygen atoms in total. The Morgan fingerprint density at radius 1 is 0.735 bits per heavy atom. The lowest BCUT2D eigenvalue weighted by molar-refractivity contribution is 0.00578. The van der Waals surface area contributed by atoms with Crippen molar-refractivity contribution in [2.45, 2.75) is 50.9 Å². The van der Waals surface area contributed by atoms with E-state index in [4.69, 9.17) is 9.31 Å². The van der Waals surface area contributed by atoms with E-state index in [0.29, 0.717) is 5.92 Å². The van der Waals surface area contributed by atoms with Crippen molar-refractivity contribution in [3.05, 3.63) is 103 Å². The average Bonchev–Trinajstić information content (AvgIpc) is 3.29.